The fourth-order valence-electron chi connectivity index (χ4n) is 1.08. The first-order valence-corrected chi connectivity index (χ1v) is 4.67. The molecule has 0 spiro atoms. The lowest BCUT2D eigenvalue weighted by Gasteiger charge is -2.09. The number of benzene rings is 1. The van der Waals surface area contributed by atoms with Gasteiger partial charge in [0.05, 0.1) is 17.7 Å². The molecular weight excluding hydrogens is 202 g/mol. The van der Waals surface area contributed by atoms with E-state index in [4.69, 9.17) is 17.4 Å². The summed E-state index contributed by atoms with van der Waals surface area (Å²) in [5.41, 5.74) is 6.65. The molecule has 0 saturated heterocycles. The van der Waals surface area contributed by atoms with Crippen LogP contribution in [0, 0.1) is 23.7 Å². The minimum atomic E-state index is -0.708. The van der Waals surface area contributed by atoms with Crippen LogP contribution in [0.25, 0.3) is 0 Å². The fraction of sp³-hybridized carbons (Fsp3) is 0.167. The number of hydrogen-bond donors (Lipinski definition) is 2. The molecule has 0 saturated carbocycles. The Hall–Kier alpha value is -2.30. The number of nitrogens with zero attached hydrogens (tertiary/aromatic N) is 1. The topological polar surface area (TPSA) is 78.9 Å². The highest BCUT2D eigenvalue weighted by Crippen LogP contribution is 2.09. The van der Waals surface area contributed by atoms with Gasteiger partial charge in [-0.15, -0.1) is 12.3 Å². The molecule has 3 N–H and O–H groups in total. The van der Waals surface area contributed by atoms with Crippen LogP contribution in [0.1, 0.15) is 12.0 Å². The Labute approximate surface area is 94.1 Å². The summed E-state index contributed by atoms with van der Waals surface area (Å²) in [5.74, 6) is 1.99. The molecule has 0 bridgehead atoms. The van der Waals surface area contributed by atoms with Gasteiger partial charge in [0.1, 0.15) is 0 Å². The summed E-state index contributed by atoms with van der Waals surface area (Å²) < 4.78 is 0. The molecule has 1 rings (SSSR count). The summed E-state index contributed by atoms with van der Waals surface area (Å²) in [4.78, 5) is 11.5. The molecule has 1 amide bonds. The Morgan fingerprint density at radius 1 is 1.50 bits per heavy atom. The maximum Gasteiger partial charge on any atom is 0.242 e. The first-order valence-electron chi connectivity index (χ1n) is 4.67. The molecule has 4 nitrogen and oxygen atoms in total. The van der Waals surface area contributed by atoms with Crippen molar-refractivity contribution in [3.05, 3.63) is 29.8 Å². The summed E-state index contributed by atoms with van der Waals surface area (Å²) in [5, 5.41) is 11.2. The van der Waals surface area contributed by atoms with Crippen LogP contribution in [0.5, 0.6) is 0 Å². The molecule has 0 heterocycles. The summed E-state index contributed by atoms with van der Waals surface area (Å²) in [6, 6.07) is 7.78. The number of nitrogens with two attached hydrogens (primary N) is 1. The third-order valence-corrected chi connectivity index (χ3v) is 1.96. The van der Waals surface area contributed by atoms with E-state index in [1.165, 1.54) is 0 Å². The second kappa shape index (κ2) is 5.55. The van der Waals surface area contributed by atoms with E-state index in [-0.39, 0.29) is 12.3 Å². The van der Waals surface area contributed by atoms with Crippen molar-refractivity contribution in [1.82, 2.24) is 0 Å². The monoisotopic (exact) mass is 213 g/mol. The van der Waals surface area contributed by atoms with Crippen molar-refractivity contribution in [1.29, 1.82) is 5.26 Å². The van der Waals surface area contributed by atoms with E-state index in [9.17, 15) is 4.79 Å². The first kappa shape index (κ1) is 11.8. The maximum absolute atomic E-state index is 11.5. The maximum atomic E-state index is 11.5. The van der Waals surface area contributed by atoms with Gasteiger partial charge in [-0.05, 0) is 24.3 Å². The smallest absolute Gasteiger partial charge is 0.242 e. The van der Waals surface area contributed by atoms with Crippen LogP contribution in [-0.4, -0.2) is 11.9 Å². The van der Waals surface area contributed by atoms with Gasteiger partial charge >= 0.3 is 0 Å². The molecule has 1 unspecified atom stereocenters. The third kappa shape index (κ3) is 3.13. The number of carbonyl (C=O) groups is 1. The van der Waals surface area contributed by atoms with Gasteiger partial charge in [-0.2, -0.15) is 5.26 Å². The van der Waals surface area contributed by atoms with Gasteiger partial charge in [0, 0.05) is 12.1 Å². The van der Waals surface area contributed by atoms with Crippen molar-refractivity contribution in [2.24, 2.45) is 5.73 Å². The van der Waals surface area contributed by atoms with Gasteiger partial charge < -0.3 is 11.1 Å². The van der Waals surface area contributed by atoms with E-state index in [2.05, 4.69) is 11.2 Å². The molecule has 0 radical (unpaired) electrons. The quantitative estimate of drug-likeness (QED) is 0.730. The van der Waals surface area contributed by atoms with Crippen LogP contribution in [0.3, 0.4) is 0 Å². The number of carbonyl (C=O) groups excluding carboxylic acids is 1. The molecule has 0 fully saturated rings. The molecule has 80 valence electrons. The highest BCUT2D eigenvalue weighted by Gasteiger charge is 2.11. The predicted molar refractivity (Wildman–Crippen MR) is 61.2 cm³/mol. The number of hydrogen-bond acceptors (Lipinski definition) is 3. The zero-order chi connectivity index (χ0) is 12.0. The molecule has 0 aliphatic rings. The molecule has 1 atom stereocenters. The second-order valence-corrected chi connectivity index (χ2v) is 3.19. The average molecular weight is 213 g/mol. The molecule has 0 aromatic heterocycles. The fourth-order valence-corrected chi connectivity index (χ4v) is 1.08. The van der Waals surface area contributed by atoms with Crippen LogP contribution in [0.4, 0.5) is 5.69 Å². The molecule has 0 aliphatic heterocycles. The van der Waals surface area contributed by atoms with Crippen molar-refractivity contribution in [3.63, 3.8) is 0 Å². The lowest BCUT2D eigenvalue weighted by Crippen LogP contribution is -2.35. The molecule has 0 aliphatic carbocycles. The SMILES string of the molecule is C#CCC(N)C(=O)Nc1ccc(C#N)cc1. The van der Waals surface area contributed by atoms with E-state index in [1.807, 2.05) is 6.07 Å². The Balaban J connectivity index is 2.64. The van der Waals surface area contributed by atoms with Crippen LogP contribution >= 0.6 is 0 Å². The third-order valence-electron chi connectivity index (χ3n) is 1.96. The lowest BCUT2D eigenvalue weighted by molar-refractivity contribution is -0.117. The van der Waals surface area contributed by atoms with E-state index in [1.54, 1.807) is 24.3 Å². The van der Waals surface area contributed by atoms with Gasteiger partial charge in [-0.3, -0.25) is 4.79 Å². The Bertz CT molecular complexity index is 451. The number of anilines is 1. The molecule has 1 aromatic rings. The number of rotatable bonds is 3. The largest absolute Gasteiger partial charge is 0.325 e. The van der Waals surface area contributed by atoms with Crippen LogP contribution < -0.4 is 11.1 Å². The molecule has 16 heavy (non-hydrogen) atoms. The minimum absolute atomic E-state index is 0.197. The zero-order valence-corrected chi connectivity index (χ0v) is 8.60. The van der Waals surface area contributed by atoms with E-state index in [0.717, 1.165) is 0 Å². The summed E-state index contributed by atoms with van der Waals surface area (Å²) >= 11 is 0. The highest BCUT2D eigenvalue weighted by molar-refractivity contribution is 5.94. The predicted octanol–water partition coefficient (Wildman–Crippen LogP) is 0.847. The van der Waals surface area contributed by atoms with Gasteiger partial charge in [0.15, 0.2) is 0 Å². The summed E-state index contributed by atoms with van der Waals surface area (Å²) in [6.45, 7) is 0. The van der Waals surface area contributed by atoms with Crippen LogP contribution in [-0.2, 0) is 4.79 Å². The van der Waals surface area contributed by atoms with Gasteiger partial charge in [0.2, 0.25) is 5.91 Å². The first-order chi connectivity index (χ1) is 7.67. The van der Waals surface area contributed by atoms with Crippen molar-refractivity contribution in [3.8, 4) is 18.4 Å². The number of terminal acetylenes is 1. The zero-order valence-electron chi connectivity index (χ0n) is 8.60. The average Bonchev–Trinajstić information content (AvgIpc) is 2.30. The number of nitrogens with one attached hydrogen (secondary N) is 1. The summed E-state index contributed by atoms with van der Waals surface area (Å²) in [7, 11) is 0. The van der Waals surface area contributed by atoms with Gasteiger partial charge in [-0.25, -0.2) is 0 Å². The van der Waals surface area contributed by atoms with Crippen molar-refractivity contribution >= 4 is 11.6 Å². The molecule has 1 aromatic carbocycles. The van der Waals surface area contributed by atoms with Crippen molar-refractivity contribution in [2.45, 2.75) is 12.5 Å². The Morgan fingerprint density at radius 2 is 2.12 bits per heavy atom. The lowest BCUT2D eigenvalue weighted by atomic mass is 10.2. The van der Waals surface area contributed by atoms with Crippen molar-refractivity contribution in [2.75, 3.05) is 5.32 Å². The second-order valence-electron chi connectivity index (χ2n) is 3.19. The summed E-state index contributed by atoms with van der Waals surface area (Å²) in [6.07, 6.45) is 5.25. The van der Waals surface area contributed by atoms with Gasteiger partial charge in [-0.1, -0.05) is 0 Å². The molecular formula is C12H11N3O. The van der Waals surface area contributed by atoms with Crippen molar-refractivity contribution < 1.29 is 4.79 Å². The van der Waals surface area contributed by atoms with E-state index >= 15 is 0 Å². The highest BCUT2D eigenvalue weighted by atomic mass is 16.2. The van der Waals surface area contributed by atoms with Crippen LogP contribution in [0.15, 0.2) is 24.3 Å². The van der Waals surface area contributed by atoms with Crippen LogP contribution in [0.2, 0.25) is 0 Å². The van der Waals surface area contributed by atoms with E-state index < -0.39 is 6.04 Å². The van der Waals surface area contributed by atoms with E-state index in [0.29, 0.717) is 11.3 Å². The normalized spacial score (nSPS) is 10.9. The Kier molecular flexibility index (Phi) is 4.08. The van der Waals surface area contributed by atoms with Gasteiger partial charge in [0.25, 0.3) is 0 Å². The number of nitriles is 1. The minimum Gasteiger partial charge on any atom is -0.325 e. The Morgan fingerprint density at radius 3 is 2.62 bits per heavy atom. The molecule has 4 heteroatoms. The standard InChI is InChI=1S/C12H11N3O/c1-2-3-11(14)12(16)15-10-6-4-9(8-13)5-7-10/h1,4-7,11H,3,14H2,(H,15,16). The number of amides is 1.